The van der Waals surface area contributed by atoms with Crippen LogP contribution in [0.25, 0.3) is 17.2 Å². The molecule has 0 unspecified atom stereocenters. The number of hydrogen-bond acceptors (Lipinski definition) is 6. The summed E-state index contributed by atoms with van der Waals surface area (Å²) in [4.78, 5) is 12.6. The first-order valence-electron chi connectivity index (χ1n) is 11.3. The van der Waals surface area contributed by atoms with Gasteiger partial charge in [-0.2, -0.15) is 0 Å². The van der Waals surface area contributed by atoms with E-state index < -0.39 is 48.0 Å². The number of ether oxygens (including phenoxy) is 4. The Kier molecular flexibility index (Phi) is 7.80. The quantitative estimate of drug-likeness (QED) is 0.431. The van der Waals surface area contributed by atoms with Crippen LogP contribution < -0.4 is 14.8 Å². The molecule has 14 heteroatoms. The maximum absolute atomic E-state index is 14.1. The normalized spacial score (nSPS) is 17.1. The van der Waals surface area contributed by atoms with Crippen LogP contribution in [0, 0.1) is 5.82 Å². The Hall–Kier alpha value is -3.78. The van der Waals surface area contributed by atoms with E-state index in [1.807, 2.05) is 0 Å². The van der Waals surface area contributed by atoms with Gasteiger partial charge >= 0.3 is 12.7 Å². The van der Waals surface area contributed by atoms with Crippen LogP contribution in [-0.4, -0.2) is 49.8 Å². The maximum Gasteiger partial charge on any atom is 0.573 e. The summed E-state index contributed by atoms with van der Waals surface area (Å²) >= 11 is 0. The Morgan fingerprint density at radius 1 is 1.03 bits per heavy atom. The van der Waals surface area contributed by atoms with Crippen molar-refractivity contribution in [3.63, 3.8) is 0 Å². The van der Waals surface area contributed by atoms with Gasteiger partial charge in [-0.25, -0.2) is 4.39 Å². The largest absolute Gasteiger partial charge is 0.573 e. The molecule has 2 aliphatic rings. The number of carbonyl (C=O) groups excluding carboxylic acids is 1. The number of nitrogens with one attached hydrogen (secondary N) is 1. The number of benzene rings is 2. The molecule has 1 amide bonds. The summed E-state index contributed by atoms with van der Waals surface area (Å²) in [6.45, 7) is 2.40. The second-order valence-corrected chi connectivity index (χ2v) is 8.46. The lowest BCUT2D eigenvalue weighted by atomic mass is 10.00. The van der Waals surface area contributed by atoms with Crippen molar-refractivity contribution in [1.29, 1.82) is 0 Å². The monoisotopic (exact) mass is 563 g/mol. The second kappa shape index (κ2) is 10.8. The van der Waals surface area contributed by atoms with Crippen molar-refractivity contribution >= 4 is 23.1 Å². The van der Waals surface area contributed by atoms with E-state index in [-0.39, 0.29) is 24.1 Å². The van der Waals surface area contributed by atoms with E-state index in [9.17, 15) is 40.6 Å². The van der Waals surface area contributed by atoms with Gasteiger partial charge in [0.1, 0.15) is 5.82 Å². The zero-order valence-corrected chi connectivity index (χ0v) is 20.0. The van der Waals surface area contributed by atoms with Crippen LogP contribution in [0.1, 0.15) is 30.0 Å². The fraction of sp³-hybridized carbons (Fsp3) is 0.320. The fourth-order valence-electron chi connectivity index (χ4n) is 4.18. The molecule has 210 valence electrons. The molecule has 0 aromatic heterocycles. The first kappa shape index (κ1) is 28.2. The number of hydrogen-bond donors (Lipinski definition) is 2. The third-order valence-corrected chi connectivity index (χ3v) is 5.77. The van der Waals surface area contributed by atoms with E-state index in [2.05, 4.69) is 14.8 Å². The minimum absolute atomic E-state index is 0.0708. The molecule has 1 heterocycles. The molecule has 1 fully saturated rings. The average molecular weight is 563 g/mol. The SMILES string of the molecule is CC1=C(CC(=O)NCC2OCCO2)c2cc(F)ccc2/C1=C\c1cc(OC(F)(F)F)c(O)c(OC(F)(F)F)c1. The van der Waals surface area contributed by atoms with Crippen LogP contribution in [0.2, 0.25) is 0 Å². The summed E-state index contributed by atoms with van der Waals surface area (Å²) in [5, 5.41) is 12.6. The number of allylic oxidation sites excluding steroid dienone is 2. The molecule has 0 radical (unpaired) electrons. The smallest absolute Gasteiger partial charge is 0.502 e. The molecule has 2 aromatic rings. The molecule has 39 heavy (non-hydrogen) atoms. The number of alkyl halides is 6. The van der Waals surface area contributed by atoms with Gasteiger partial charge in [0.2, 0.25) is 11.7 Å². The van der Waals surface area contributed by atoms with Crippen molar-refractivity contribution in [1.82, 2.24) is 5.32 Å². The third-order valence-electron chi connectivity index (χ3n) is 5.77. The van der Waals surface area contributed by atoms with Crippen molar-refractivity contribution in [2.45, 2.75) is 32.4 Å². The average Bonchev–Trinajstić information content (AvgIpc) is 3.42. The number of halogens is 7. The summed E-state index contributed by atoms with van der Waals surface area (Å²) in [5.41, 5.74) is 1.53. The Bertz CT molecular complexity index is 1290. The fourth-order valence-corrected chi connectivity index (χ4v) is 4.18. The van der Waals surface area contributed by atoms with Crippen LogP contribution >= 0.6 is 0 Å². The first-order chi connectivity index (χ1) is 18.2. The van der Waals surface area contributed by atoms with Crippen LogP contribution in [-0.2, 0) is 14.3 Å². The molecule has 0 bridgehead atoms. The van der Waals surface area contributed by atoms with Gasteiger partial charge in [0.15, 0.2) is 17.8 Å². The van der Waals surface area contributed by atoms with Crippen LogP contribution in [0.3, 0.4) is 0 Å². The summed E-state index contributed by atoms with van der Waals surface area (Å²) < 4.78 is 109. The van der Waals surface area contributed by atoms with E-state index in [4.69, 9.17) is 9.47 Å². The molecule has 2 N–H and O–H groups in total. The second-order valence-electron chi connectivity index (χ2n) is 8.46. The predicted molar refractivity (Wildman–Crippen MR) is 122 cm³/mol. The van der Waals surface area contributed by atoms with Crippen molar-refractivity contribution in [3.05, 3.63) is 58.4 Å². The van der Waals surface area contributed by atoms with E-state index in [0.717, 1.165) is 6.07 Å². The maximum atomic E-state index is 14.1. The van der Waals surface area contributed by atoms with E-state index in [1.54, 1.807) is 6.92 Å². The lowest BCUT2D eigenvalue weighted by molar-refractivity contribution is -0.277. The molecule has 7 nitrogen and oxygen atoms in total. The molecule has 4 rings (SSSR count). The summed E-state index contributed by atoms with van der Waals surface area (Å²) in [6, 6.07) is 4.99. The molecule has 0 spiro atoms. The van der Waals surface area contributed by atoms with Gasteiger partial charge in [0.25, 0.3) is 0 Å². The minimum atomic E-state index is -5.33. The lowest BCUT2D eigenvalue weighted by Gasteiger charge is -2.16. The highest BCUT2D eigenvalue weighted by Gasteiger charge is 2.36. The van der Waals surface area contributed by atoms with E-state index in [1.165, 1.54) is 18.2 Å². The number of phenols is 1. The summed E-state index contributed by atoms with van der Waals surface area (Å²) in [5.74, 6) is -5.25. The highest BCUT2D eigenvalue weighted by atomic mass is 19.4. The minimum Gasteiger partial charge on any atom is -0.502 e. The number of aromatic hydroxyl groups is 1. The van der Waals surface area contributed by atoms with Crippen LogP contribution in [0.15, 0.2) is 35.9 Å². The third kappa shape index (κ3) is 7.00. The molecule has 0 saturated carbocycles. The molecule has 1 saturated heterocycles. The van der Waals surface area contributed by atoms with Crippen molar-refractivity contribution in [2.75, 3.05) is 19.8 Å². The molecule has 1 aliphatic carbocycles. The number of phenolic OH excluding ortho intramolecular Hbond substituents is 1. The van der Waals surface area contributed by atoms with Gasteiger partial charge in [0.05, 0.1) is 26.2 Å². The van der Waals surface area contributed by atoms with E-state index >= 15 is 0 Å². The highest BCUT2D eigenvalue weighted by Crippen LogP contribution is 2.46. The summed E-state index contributed by atoms with van der Waals surface area (Å²) in [7, 11) is 0. The Morgan fingerprint density at radius 2 is 1.62 bits per heavy atom. The number of fused-ring (bicyclic) bond motifs is 1. The molecule has 2 aromatic carbocycles. The lowest BCUT2D eigenvalue weighted by Crippen LogP contribution is -2.32. The van der Waals surface area contributed by atoms with Gasteiger partial charge in [0, 0.05) is 0 Å². The van der Waals surface area contributed by atoms with Crippen molar-refractivity contribution in [2.24, 2.45) is 0 Å². The standard InChI is InChI=1S/C25H20F7NO6/c1-12-16(6-13-7-19(38-24(27,28)29)23(35)20(8-13)39-25(30,31)32)15-3-2-14(26)9-18(15)17(12)10-21(34)33-11-22-36-4-5-37-22/h2-3,6-9,22,35H,4-5,10-11H2,1H3,(H,33,34)/b16-6-. The van der Waals surface area contributed by atoms with E-state index in [0.29, 0.717) is 47.6 Å². The number of amides is 1. The molecule has 1 aliphatic heterocycles. The van der Waals surface area contributed by atoms with Gasteiger partial charge in [-0.1, -0.05) is 6.07 Å². The number of carbonyl (C=O) groups is 1. The highest BCUT2D eigenvalue weighted by molar-refractivity contribution is 6.08. The predicted octanol–water partition coefficient (Wildman–Crippen LogP) is 5.54. The Balaban J connectivity index is 1.73. The van der Waals surface area contributed by atoms with Gasteiger partial charge in [-0.05, 0) is 70.7 Å². The molecular formula is C25H20F7NO6. The number of rotatable bonds is 7. The summed E-state index contributed by atoms with van der Waals surface area (Å²) in [6.07, 6.45) is -10.3. The van der Waals surface area contributed by atoms with Crippen molar-refractivity contribution in [3.8, 4) is 17.2 Å². The zero-order valence-electron chi connectivity index (χ0n) is 20.0. The van der Waals surface area contributed by atoms with Gasteiger partial charge in [-0.3, -0.25) is 4.79 Å². The van der Waals surface area contributed by atoms with Gasteiger partial charge in [-0.15, -0.1) is 26.3 Å². The molecule has 0 atom stereocenters. The first-order valence-corrected chi connectivity index (χ1v) is 11.3. The Labute approximate surface area is 216 Å². The Morgan fingerprint density at radius 3 is 2.18 bits per heavy atom. The topological polar surface area (TPSA) is 86.3 Å². The zero-order chi connectivity index (χ0) is 28.5. The van der Waals surface area contributed by atoms with Gasteiger partial charge < -0.3 is 29.4 Å². The van der Waals surface area contributed by atoms with Crippen LogP contribution in [0.5, 0.6) is 17.2 Å². The van der Waals surface area contributed by atoms with Crippen molar-refractivity contribution < 1.29 is 59.6 Å². The van der Waals surface area contributed by atoms with Crippen LogP contribution in [0.4, 0.5) is 30.7 Å². The molecular weight excluding hydrogens is 543 g/mol.